The molecule has 0 atom stereocenters. The molecule has 1 aliphatic heterocycles. The topological polar surface area (TPSA) is 41.6 Å². The maximum Gasteiger partial charge on any atom is 0.191 e. The zero-order chi connectivity index (χ0) is 13.0. The Bertz CT molecular complexity index is 284. The van der Waals surface area contributed by atoms with E-state index >= 15 is 0 Å². The fourth-order valence-electron chi connectivity index (χ4n) is 3.33. The van der Waals surface area contributed by atoms with Crippen LogP contribution in [0.4, 0.5) is 0 Å². The van der Waals surface area contributed by atoms with Gasteiger partial charge in [0.25, 0.3) is 0 Å². The van der Waals surface area contributed by atoms with E-state index in [4.69, 9.17) is 10.7 Å². The predicted octanol–water partition coefficient (Wildman–Crippen LogP) is 3.00. The number of rotatable bonds is 3. The van der Waals surface area contributed by atoms with Crippen LogP contribution in [0, 0.1) is 11.3 Å². The van der Waals surface area contributed by atoms with Crippen molar-refractivity contribution in [2.45, 2.75) is 58.8 Å². The lowest BCUT2D eigenvalue weighted by Gasteiger charge is -2.32. The summed E-state index contributed by atoms with van der Waals surface area (Å²) in [7, 11) is 0. The Morgan fingerprint density at radius 3 is 2.44 bits per heavy atom. The van der Waals surface area contributed by atoms with Crippen LogP contribution in [0.25, 0.3) is 0 Å². The minimum Gasteiger partial charge on any atom is -0.370 e. The molecule has 3 nitrogen and oxygen atoms in total. The van der Waals surface area contributed by atoms with E-state index in [0.29, 0.717) is 5.41 Å². The number of guanidine groups is 1. The van der Waals surface area contributed by atoms with Crippen LogP contribution >= 0.6 is 0 Å². The average molecular weight is 251 g/mol. The van der Waals surface area contributed by atoms with Gasteiger partial charge in [-0.25, -0.2) is 0 Å². The van der Waals surface area contributed by atoms with Gasteiger partial charge in [-0.15, -0.1) is 0 Å². The summed E-state index contributed by atoms with van der Waals surface area (Å²) in [4.78, 5) is 6.99. The number of likely N-dealkylation sites (tertiary alicyclic amines) is 1. The minimum atomic E-state index is 0.466. The van der Waals surface area contributed by atoms with E-state index in [9.17, 15) is 0 Å². The maximum atomic E-state index is 6.16. The van der Waals surface area contributed by atoms with Crippen LogP contribution in [-0.4, -0.2) is 30.5 Å². The molecule has 18 heavy (non-hydrogen) atoms. The van der Waals surface area contributed by atoms with E-state index in [1.165, 1.54) is 44.9 Å². The van der Waals surface area contributed by atoms with Crippen molar-refractivity contribution in [3.63, 3.8) is 0 Å². The van der Waals surface area contributed by atoms with E-state index in [0.717, 1.165) is 31.5 Å². The molecule has 1 saturated heterocycles. The second-order valence-electron chi connectivity index (χ2n) is 6.40. The Labute approximate surface area is 112 Å². The van der Waals surface area contributed by atoms with Gasteiger partial charge >= 0.3 is 0 Å². The predicted molar refractivity (Wildman–Crippen MR) is 77.7 cm³/mol. The molecule has 3 heteroatoms. The highest BCUT2D eigenvalue weighted by atomic mass is 15.3. The molecule has 0 amide bonds. The number of aliphatic imine (C=N–C) groups is 1. The smallest absolute Gasteiger partial charge is 0.191 e. The third-order valence-electron chi connectivity index (χ3n) is 5.10. The summed E-state index contributed by atoms with van der Waals surface area (Å²) in [5, 5.41) is 0. The second-order valence-corrected chi connectivity index (χ2v) is 6.40. The molecular formula is C15H29N3. The quantitative estimate of drug-likeness (QED) is 0.619. The molecular weight excluding hydrogens is 222 g/mol. The number of nitrogens with two attached hydrogens (primary N) is 1. The Morgan fingerprint density at radius 2 is 1.89 bits per heavy atom. The van der Waals surface area contributed by atoms with Crippen LogP contribution in [-0.2, 0) is 0 Å². The van der Waals surface area contributed by atoms with Crippen molar-refractivity contribution in [2.75, 3.05) is 19.6 Å². The summed E-state index contributed by atoms with van der Waals surface area (Å²) in [5.74, 6) is 1.65. The number of hydrogen-bond acceptors (Lipinski definition) is 1. The van der Waals surface area contributed by atoms with E-state index in [-0.39, 0.29) is 0 Å². The molecule has 104 valence electrons. The summed E-state index contributed by atoms with van der Waals surface area (Å²) in [6.45, 7) is 7.77. The molecule has 0 spiro atoms. The van der Waals surface area contributed by atoms with Gasteiger partial charge in [-0.2, -0.15) is 0 Å². The zero-order valence-corrected chi connectivity index (χ0v) is 12.1. The molecule has 0 unspecified atom stereocenters. The van der Waals surface area contributed by atoms with Crippen molar-refractivity contribution in [1.82, 2.24) is 4.90 Å². The van der Waals surface area contributed by atoms with Crippen LogP contribution in [0.15, 0.2) is 4.99 Å². The maximum absolute atomic E-state index is 6.16. The van der Waals surface area contributed by atoms with Crippen molar-refractivity contribution < 1.29 is 0 Å². The summed E-state index contributed by atoms with van der Waals surface area (Å²) in [6, 6.07) is 0. The Morgan fingerprint density at radius 1 is 1.28 bits per heavy atom. The monoisotopic (exact) mass is 251 g/mol. The number of nitrogens with zero attached hydrogens (tertiary/aromatic N) is 2. The molecule has 2 fully saturated rings. The normalized spacial score (nSPS) is 25.7. The van der Waals surface area contributed by atoms with Gasteiger partial charge in [-0.05, 0) is 43.4 Å². The molecule has 2 aliphatic rings. The van der Waals surface area contributed by atoms with E-state index in [1.807, 2.05) is 0 Å². The molecule has 1 saturated carbocycles. The highest BCUT2D eigenvalue weighted by Crippen LogP contribution is 2.41. The third kappa shape index (κ3) is 3.18. The molecule has 2 rings (SSSR count). The molecule has 0 bridgehead atoms. The molecule has 0 radical (unpaired) electrons. The second kappa shape index (κ2) is 5.94. The first kappa shape index (κ1) is 13.7. The fourth-order valence-corrected chi connectivity index (χ4v) is 3.33. The van der Waals surface area contributed by atoms with Crippen LogP contribution < -0.4 is 5.73 Å². The van der Waals surface area contributed by atoms with Crippen molar-refractivity contribution in [2.24, 2.45) is 22.1 Å². The van der Waals surface area contributed by atoms with E-state index < -0.39 is 0 Å². The van der Waals surface area contributed by atoms with Gasteiger partial charge in [0, 0.05) is 19.6 Å². The standard InChI is InChI=1S/C15H29N3/c1-3-15(8-4-5-9-15)12-17-14(16)18-10-6-13(2)7-11-18/h13H,3-12H2,1-2H3,(H2,16,17). The summed E-state index contributed by atoms with van der Waals surface area (Å²) >= 11 is 0. The highest BCUT2D eigenvalue weighted by Gasteiger charge is 2.31. The van der Waals surface area contributed by atoms with Gasteiger partial charge in [0.2, 0.25) is 0 Å². The first-order chi connectivity index (χ1) is 8.65. The zero-order valence-electron chi connectivity index (χ0n) is 12.1. The van der Waals surface area contributed by atoms with Crippen molar-refractivity contribution in [3.8, 4) is 0 Å². The SMILES string of the molecule is CCC1(CN=C(N)N2CCC(C)CC2)CCCC1. The van der Waals surface area contributed by atoms with E-state index in [2.05, 4.69) is 18.7 Å². The summed E-state index contributed by atoms with van der Waals surface area (Å²) in [5.41, 5.74) is 6.63. The first-order valence-corrected chi connectivity index (χ1v) is 7.70. The first-order valence-electron chi connectivity index (χ1n) is 7.70. The summed E-state index contributed by atoms with van der Waals surface area (Å²) in [6.07, 6.45) is 9.22. The highest BCUT2D eigenvalue weighted by molar-refractivity contribution is 5.78. The van der Waals surface area contributed by atoms with Gasteiger partial charge in [-0.3, -0.25) is 4.99 Å². The largest absolute Gasteiger partial charge is 0.370 e. The lowest BCUT2D eigenvalue weighted by molar-refractivity contribution is 0.270. The van der Waals surface area contributed by atoms with Crippen LogP contribution in [0.1, 0.15) is 58.8 Å². The third-order valence-corrected chi connectivity index (χ3v) is 5.10. The van der Waals surface area contributed by atoms with Gasteiger partial charge in [0.1, 0.15) is 0 Å². The van der Waals surface area contributed by atoms with Gasteiger partial charge in [0.05, 0.1) is 0 Å². The average Bonchev–Trinajstić information content (AvgIpc) is 2.86. The Balaban J connectivity index is 1.88. The lowest BCUT2D eigenvalue weighted by Crippen LogP contribution is -2.43. The number of hydrogen-bond donors (Lipinski definition) is 1. The molecule has 0 aromatic rings. The molecule has 2 N–H and O–H groups in total. The molecule has 1 heterocycles. The summed E-state index contributed by atoms with van der Waals surface area (Å²) < 4.78 is 0. The van der Waals surface area contributed by atoms with Gasteiger partial charge < -0.3 is 10.6 Å². The van der Waals surface area contributed by atoms with Crippen LogP contribution in [0.5, 0.6) is 0 Å². The molecule has 0 aromatic carbocycles. The Hall–Kier alpha value is -0.730. The van der Waals surface area contributed by atoms with Crippen molar-refractivity contribution in [3.05, 3.63) is 0 Å². The lowest BCUT2D eigenvalue weighted by atomic mass is 9.83. The van der Waals surface area contributed by atoms with Crippen LogP contribution in [0.2, 0.25) is 0 Å². The fraction of sp³-hybridized carbons (Fsp3) is 0.933. The Kier molecular flexibility index (Phi) is 4.52. The van der Waals surface area contributed by atoms with Crippen molar-refractivity contribution in [1.29, 1.82) is 0 Å². The van der Waals surface area contributed by atoms with Gasteiger partial charge in [0.15, 0.2) is 5.96 Å². The van der Waals surface area contributed by atoms with Gasteiger partial charge in [-0.1, -0.05) is 26.7 Å². The number of piperidine rings is 1. The molecule has 1 aliphatic carbocycles. The molecule has 0 aromatic heterocycles. The van der Waals surface area contributed by atoms with Crippen molar-refractivity contribution >= 4 is 5.96 Å². The minimum absolute atomic E-state index is 0.466. The van der Waals surface area contributed by atoms with Crippen LogP contribution in [0.3, 0.4) is 0 Å². The van der Waals surface area contributed by atoms with E-state index in [1.54, 1.807) is 0 Å².